The van der Waals surface area contributed by atoms with E-state index in [-0.39, 0.29) is 11.9 Å². The molecule has 0 unspecified atom stereocenters. The topological polar surface area (TPSA) is 79.5 Å². The zero-order valence-electron chi connectivity index (χ0n) is 14.1. The number of rotatable bonds is 7. The summed E-state index contributed by atoms with van der Waals surface area (Å²) in [7, 11) is 0. The van der Waals surface area contributed by atoms with Crippen molar-refractivity contribution in [3.63, 3.8) is 0 Å². The summed E-state index contributed by atoms with van der Waals surface area (Å²) in [6, 6.07) is 13.8. The summed E-state index contributed by atoms with van der Waals surface area (Å²) in [5.74, 6) is 0.611. The summed E-state index contributed by atoms with van der Waals surface area (Å²) < 4.78 is 5.49. The molecule has 0 radical (unpaired) electrons. The van der Waals surface area contributed by atoms with Crippen molar-refractivity contribution in [2.24, 2.45) is 0 Å². The first-order chi connectivity index (χ1) is 12.6. The van der Waals surface area contributed by atoms with Gasteiger partial charge in [-0.15, -0.1) is 0 Å². The fourth-order valence-electron chi connectivity index (χ4n) is 2.24. The highest BCUT2D eigenvalue weighted by molar-refractivity contribution is 6.30. The first-order valence-electron chi connectivity index (χ1n) is 8.44. The lowest BCUT2D eigenvalue weighted by atomic mass is 10.2. The number of urea groups is 1. The number of ether oxygens (including phenoxy) is 1. The molecule has 1 aliphatic carbocycles. The van der Waals surface area contributed by atoms with Gasteiger partial charge in [0.1, 0.15) is 12.4 Å². The number of carbonyl (C=O) groups excluding carboxylic acids is 2. The van der Waals surface area contributed by atoms with E-state index in [2.05, 4.69) is 16.0 Å². The first-order valence-corrected chi connectivity index (χ1v) is 8.82. The Balaban J connectivity index is 1.37. The molecule has 0 aliphatic heterocycles. The summed E-state index contributed by atoms with van der Waals surface area (Å²) in [5, 5.41) is 8.98. The van der Waals surface area contributed by atoms with Crippen LogP contribution in [0.4, 0.5) is 10.5 Å². The molecule has 2 aromatic carbocycles. The Morgan fingerprint density at radius 2 is 1.73 bits per heavy atom. The van der Waals surface area contributed by atoms with E-state index in [9.17, 15) is 9.59 Å². The van der Waals surface area contributed by atoms with Crippen molar-refractivity contribution in [2.75, 3.05) is 18.5 Å². The molecule has 0 atom stereocenters. The van der Waals surface area contributed by atoms with Crippen LogP contribution in [0.2, 0.25) is 5.02 Å². The molecule has 0 aromatic heterocycles. The van der Waals surface area contributed by atoms with E-state index in [0.717, 1.165) is 12.8 Å². The highest BCUT2D eigenvalue weighted by Crippen LogP contribution is 2.19. The van der Waals surface area contributed by atoms with Crippen LogP contribution < -0.4 is 20.7 Å². The van der Waals surface area contributed by atoms with Gasteiger partial charge in [-0.2, -0.15) is 0 Å². The fraction of sp³-hybridized carbons (Fsp3) is 0.263. The predicted octanol–water partition coefficient (Wildman–Crippen LogP) is 3.43. The minimum atomic E-state index is -0.333. The second-order valence-corrected chi connectivity index (χ2v) is 6.44. The van der Waals surface area contributed by atoms with E-state index in [0.29, 0.717) is 41.2 Å². The zero-order chi connectivity index (χ0) is 18.4. The molecule has 1 saturated carbocycles. The summed E-state index contributed by atoms with van der Waals surface area (Å²) in [5.41, 5.74) is 1.20. The summed E-state index contributed by atoms with van der Waals surface area (Å²) in [6.45, 7) is 0.700. The second-order valence-electron chi connectivity index (χ2n) is 6.01. The van der Waals surface area contributed by atoms with E-state index in [4.69, 9.17) is 16.3 Å². The van der Waals surface area contributed by atoms with Gasteiger partial charge >= 0.3 is 6.03 Å². The molecule has 6 nitrogen and oxygen atoms in total. The molecule has 0 saturated heterocycles. The number of benzene rings is 2. The molecule has 1 fully saturated rings. The number of nitrogens with one attached hydrogen (secondary N) is 3. The lowest BCUT2D eigenvalue weighted by Crippen LogP contribution is -2.32. The van der Waals surface area contributed by atoms with E-state index in [1.54, 1.807) is 48.5 Å². The Kier molecular flexibility index (Phi) is 5.96. The second kappa shape index (κ2) is 8.58. The summed E-state index contributed by atoms with van der Waals surface area (Å²) >= 11 is 5.80. The normalized spacial score (nSPS) is 13.0. The third-order valence-corrected chi connectivity index (χ3v) is 4.04. The molecule has 7 heteroatoms. The zero-order valence-corrected chi connectivity index (χ0v) is 14.9. The van der Waals surface area contributed by atoms with Gasteiger partial charge in [0.05, 0.1) is 6.54 Å². The Bertz CT molecular complexity index is 759. The number of carbonyl (C=O) groups is 2. The third kappa shape index (κ3) is 5.67. The Hall–Kier alpha value is -2.73. The van der Waals surface area contributed by atoms with E-state index in [1.165, 1.54) is 0 Å². The number of halogens is 1. The maximum absolute atomic E-state index is 11.9. The maximum Gasteiger partial charge on any atom is 0.319 e. The number of amides is 3. The Labute approximate surface area is 156 Å². The molecule has 3 rings (SSSR count). The van der Waals surface area contributed by atoms with E-state index >= 15 is 0 Å². The van der Waals surface area contributed by atoms with E-state index in [1.807, 2.05) is 0 Å². The van der Waals surface area contributed by atoms with Crippen LogP contribution >= 0.6 is 11.6 Å². The molecule has 0 spiro atoms. The van der Waals surface area contributed by atoms with Crippen molar-refractivity contribution < 1.29 is 14.3 Å². The molecule has 2 aromatic rings. The van der Waals surface area contributed by atoms with Gasteiger partial charge in [0.25, 0.3) is 5.91 Å². The summed E-state index contributed by atoms with van der Waals surface area (Å²) in [6.07, 6.45) is 2.10. The largest absolute Gasteiger partial charge is 0.492 e. The minimum absolute atomic E-state index is 0.0807. The van der Waals surface area contributed by atoms with Gasteiger partial charge in [-0.25, -0.2) is 4.79 Å². The monoisotopic (exact) mass is 373 g/mol. The van der Waals surface area contributed by atoms with Gasteiger partial charge in [0, 0.05) is 22.3 Å². The molecule has 136 valence electrons. The van der Waals surface area contributed by atoms with Crippen LogP contribution in [0.1, 0.15) is 23.2 Å². The first kappa shape index (κ1) is 18.1. The van der Waals surface area contributed by atoms with Gasteiger partial charge in [0.2, 0.25) is 0 Å². The molecule has 0 bridgehead atoms. The smallest absolute Gasteiger partial charge is 0.319 e. The molecule has 1 aliphatic rings. The van der Waals surface area contributed by atoms with Crippen molar-refractivity contribution in [2.45, 2.75) is 18.9 Å². The van der Waals surface area contributed by atoms with Crippen LogP contribution in [-0.2, 0) is 0 Å². The van der Waals surface area contributed by atoms with Gasteiger partial charge in [0.15, 0.2) is 0 Å². The highest BCUT2D eigenvalue weighted by Gasteiger charge is 2.23. The van der Waals surface area contributed by atoms with Crippen molar-refractivity contribution >= 4 is 29.2 Å². The van der Waals surface area contributed by atoms with Crippen LogP contribution in [-0.4, -0.2) is 31.1 Å². The van der Waals surface area contributed by atoms with E-state index < -0.39 is 0 Å². The van der Waals surface area contributed by atoms with Gasteiger partial charge < -0.3 is 20.7 Å². The molecular formula is C19H20ClN3O3. The van der Waals surface area contributed by atoms with Crippen LogP contribution in [0.5, 0.6) is 5.75 Å². The van der Waals surface area contributed by atoms with Crippen LogP contribution in [0.15, 0.2) is 48.5 Å². The number of hydrogen-bond acceptors (Lipinski definition) is 3. The van der Waals surface area contributed by atoms with Crippen molar-refractivity contribution in [1.82, 2.24) is 10.6 Å². The van der Waals surface area contributed by atoms with Crippen molar-refractivity contribution in [1.29, 1.82) is 0 Å². The standard InChI is InChI=1S/C19H20ClN3O3/c20-14-3-9-17(10-4-14)26-12-11-21-19(25)23-16-5-1-13(2-6-16)18(24)22-15-7-8-15/h1-6,9-10,15H,7-8,11-12H2,(H,22,24)(H2,21,23,25). The summed E-state index contributed by atoms with van der Waals surface area (Å²) in [4.78, 5) is 23.8. The average molecular weight is 374 g/mol. The van der Waals surface area contributed by atoms with Crippen molar-refractivity contribution in [3.05, 3.63) is 59.1 Å². The van der Waals surface area contributed by atoms with Gasteiger partial charge in [-0.05, 0) is 61.4 Å². The number of hydrogen-bond donors (Lipinski definition) is 3. The molecule has 26 heavy (non-hydrogen) atoms. The lowest BCUT2D eigenvalue weighted by Gasteiger charge is -2.10. The van der Waals surface area contributed by atoms with Crippen molar-refractivity contribution in [3.8, 4) is 5.75 Å². The SMILES string of the molecule is O=C(NCCOc1ccc(Cl)cc1)Nc1ccc(C(=O)NC2CC2)cc1. The van der Waals surface area contributed by atoms with Crippen LogP contribution in [0, 0.1) is 0 Å². The lowest BCUT2D eigenvalue weighted by molar-refractivity contribution is 0.0951. The quantitative estimate of drug-likeness (QED) is 0.650. The third-order valence-electron chi connectivity index (χ3n) is 3.79. The maximum atomic E-state index is 11.9. The molecular weight excluding hydrogens is 354 g/mol. The molecule has 0 heterocycles. The predicted molar refractivity (Wildman–Crippen MR) is 101 cm³/mol. The van der Waals surface area contributed by atoms with Gasteiger partial charge in [-0.1, -0.05) is 11.6 Å². The minimum Gasteiger partial charge on any atom is -0.492 e. The fourth-order valence-corrected chi connectivity index (χ4v) is 2.37. The van der Waals surface area contributed by atoms with Crippen LogP contribution in [0.3, 0.4) is 0 Å². The van der Waals surface area contributed by atoms with Gasteiger partial charge in [-0.3, -0.25) is 4.79 Å². The Morgan fingerprint density at radius 1 is 1.04 bits per heavy atom. The molecule has 3 amide bonds. The molecule has 3 N–H and O–H groups in total. The van der Waals surface area contributed by atoms with Crippen LogP contribution in [0.25, 0.3) is 0 Å². The average Bonchev–Trinajstić information content (AvgIpc) is 3.45. The number of anilines is 1. The Morgan fingerprint density at radius 3 is 2.38 bits per heavy atom. The highest BCUT2D eigenvalue weighted by atomic mass is 35.5.